The van der Waals surface area contributed by atoms with Gasteiger partial charge in [0.1, 0.15) is 16.5 Å². The molecule has 16 heavy (non-hydrogen) atoms. The molecule has 0 spiro atoms. The van der Waals surface area contributed by atoms with Crippen LogP contribution < -0.4 is 4.74 Å². The van der Waals surface area contributed by atoms with Crippen LogP contribution >= 0.6 is 15.9 Å². The molecule has 1 unspecified atom stereocenters. The Kier molecular flexibility index (Phi) is 3.76. The first-order valence-corrected chi connectivity index (χ1v) is 6.18. The van der Waals surface area contributed by atoms with Crippen molar-refractivity contribution in [2.24, 2.45) is 0 Å². The van der Waals surface area contributed by atoms with E-state index in [1.165, 1.54) is 12.8 Å². The van der Waals surface area contributed by atoms with Gasteiger partial charge in [-0.2, -0.15) is 4.98 Å². The number of nitrogens with zero attached hydrogens (tertiary/aromatic N) is 2. The number of hydrogen-bond donors (Lipinski definition) is 0. The van der Waals surface area contributed by atoms with Crippen LogP contribution in [0.25, 0.3) is 0 Å². The van der Waals surface area contributed by atoms with Crippen LogP contribution in [0.2, 0.25) is 0 Å². The van der Waals surface area contributed by atoms with E-state index < -0.39 is 0 Å². The van der Waals surface area contributed by atoms with E-state index in [0.717, 1.165) is 10.4 Å². The van der Waals surface area contributed by atoms with E-state index in [1.807, 2.05) is 6.92 Å². The standard InChI is InChI=1S/C11H15BrN2O2/c1-7(6-15-2)16-10-5-9(12)13-11(14-10)8-3-4-8/h5,7-8H,3-4,6H2,1-2H3. The number of ether oxygens (including phenoxy) is 2. The van der Waals surface area contributed by atoms with Gasteiger partial charge in [0, 0.05) is 19.1 Å². The molecule has 0 N–H and O–H groups in total. The molecule has 0 aliphatic heterocycles. The number of aromatic nitrogens is 2. The second-order valence-corrected chi connectivity index (χ2v) is 4.86. The molecule has 1 heterocycles. The third kappa shape index (κ3) is 3.15. The van der Waals surface area contributed by atoms with E-state index in [0.29, 0.717) is 18.4 Å². The summed E-state index contributed by atoms with van der Waals surface area (Å²) in [6, 6.07) is 1.79. The average Bonchev–Trinajstić information content (AvgIpc) is 2.99. The maximum atomic E-state index is 5.65. The minimum Gasteiger partial charge on any atom is -0.472 e. The van der Waals surface area contributed by atoms with Crippen molar-refractivity contribution in [3.05, 3.63) is 16.5 Å². The van der Waals surface area contributed by atoms with Crippen LogP contribution in [0.15, 0.2) is 10.7 Å². The van der Waals surface area contributed by atoms with E-state index in [-0.39, 0.29) is 6.10 Å². The third-order valence-electron chi connectivity index (χ3n) is 2.35. The lowest BCUT2D eigenvalue weighted by Gasteiger charge is -2.13. The van der Waals surface area contributed by atoms with Crippen molar-refractivity contribution in [2.45, 2.75) is 31.8 Å². The highest BCUT2D eigenvalue weighted by Crippen LogP contribution is 2.39. The first-order valence-electron chi connectivity index (χ1n) is 5.39. The van der Waals surface area contributed by atoms with Crippen molar-refractivity contribution in [3.63, 3.8) is 0 Å². The highest BCUT2D eigenvalue weighted by atomic mass is 79.9. The van der Waals surface area contributed by atoms with Crippen molar-refractivity contribution < 1.29 is 9.47 Å². The number of hydrogen-bond acceptors (Lipinski definition) is 4. The molecule has 0 aromatic carbocycles. The molecule has 88 valence electrons. The van der Waals surface area contributed by atoms with E-state index in [2.05, 4.69) is 25.9 Å². The topological polar surface area (TPSA) is 44.2 Å². The van der Waals surface area contributed by atoms with Gasteiger partial charge in [-0.25, -0.2) is 4.98 Å². The van der Waals surface area contributed by atoms with Crippen LogP contribution in [0.4, 0.5) is 0 Å². The molecular weight excluding hydrogens is 272 g/mol. The molecule has 1 saturated carbocycles. The van der Waals surface area contributed by atoms with Crippen LogP contribution in [-0.4, -0.2) is 29.8 Å². The van der Waals surface area contributed by atoms with Gasteiger partial charge in [0.15, 0.2) is 0 Å². The maximum Gasteiger partial charge on any atom is 0.218 e. The molecule has 1 atom stereocenters. The molecule has 1 aromatic heterocycles. The Morgan fingerprint density at radius 1 is 1.50 bits per heavy atom. The van der Waals surface area contributed by atoms with Crippen LogP contribution in [-0.2, 0) is 4.74 Å². The molecule has 1 aliphatic carbocycles. The molecule has 0 radical (unpaired) electrons. The molecule has 4 nitrogen and oxygen atoms in total. The summed E-state index contributed by atoms with van der Waals surface area (Å²) in [5.41, 5.74) is 0. The predicted octanol–water partition coefficient (Wildman–Crippen LogP) is 2.53. The summed E-state index contributed by atoms with van der Waals surface area (Å²) in [4.78, 5) is 8.74. The zero-order valence-electron chi connectivity index (χ0n) is 9.44. The summed E-state index contributed by atoms with van der Waals surface area (Å²) in [5, 5.41) is 0. The molecule has 0 saturated heterocycles. The minimum absolute atomic E-state index is 0.00106. The second kappa shape index (κ2) is 5.10. The Labute approximate surface area is 104 Å². The number of methoxy groups -OCH3 is 1. The molecule has 0 amide bonds. The zero-order chi connectivity index (χ0) is 11.5. The molecule has 5 heteroatoms. The van der Waals surface area contributed by atoms with Crippen molar-refractivity contribution in [1.29, 1.82) is 0 Å². The average molecular weight is 287 g/mol. The fraction of sp³-hybridized carbons (Fsp3) is 0.636. The highest BCUT2D eigenvalue weighted by molar-refractivity contribution is 9.10. The fourth-order valence-electron chi connectivity index (χ4n) is 1.47. The Bertz CT molecular complexity index is 369. The molecule has 2 rings (SSSR count). The Balaban J connectivity index is 2.07. The van der Waals surface area contributed by atoms with Crippen LogP contribution in [0.1, 0.15) is 31.5 Å². The van der Waals surface area contributed by atoms with Crippen LogP contribution in [0.3, 0.4) is 0 Å². The van der Waals surface area contributed by atoms with Gasteiger partial charge in [0.05, 0.1) is 6.61 Å². The molecule has 1 fully saturated rings. The quantitative estimate of drug-likeness (QED) is 0.781. The van der Waals surface area contributed by atoms with Gasteiger partial charge in [-0.3, -0.25) is 0 Å². The summed E-state index contributed by atoms with van der Waals surface area (Å²) < 4.78 is 11.4. The molecule has 1 aromatic rings. The van der Waals surface area contributed by atoms with Gasteiger partial charge in [-0.05, 0) is 35.7 Å². The van der Waals surface area contributed by atoms with Gasteiger partial charge in [0.2, 0.25) is 5.88 Å². The van der Waals surface area contributed by atoms with Gasteiger partial charge in [0.25, 0.3) is 0 Å². The second-order valence-electron chi connectivity index (χ2n) is 4.05. The highest BCUT2D eigenvalue weighted by Gasteiger charge is 2.27. The molecule has 0 bridgehead atoms. The first-order chi connectivity index (χ1) is 7.69. The lowest BCUT2D eigenvalue weighted by Crippen LogP contribution is -2.19. The number of rotatable bonds is 5. The van der Waals surface area contributed by atoms with Gasteiger partial charge < -0.3 is 9.47 Å². The van der Waals surface area contributed by atoms with Crippen molar-refractivity contribution in [3.8, 4) is 5.88 Å². The van der Waals surface area contributed by atoms with E-state index >= 15 is 0 Å². The van der Waals surface area contributed by atoms with Gasteiger partial charge >= 0.3 is 0 Å². The van der Waals surface area contributed by atoms with Gasteiger partial charge in [-0.15, -0.1) is 0 Å². The van der Waals surface area contributed by atoms with E-state index in [1.54, 1.807) is 13.2 Å². The van der Waals surface area contributed by atoms with Crippen molar-refractivity contribution in [1.82, 2.24) is 9.97 Å². The number of halogens is 1. The maximum absolute atomic E-state index is 5.65. The van der Waals surface area contributed by atoms with E-state index in [4.69, 9.17) is 9.47 Å². The monoisotopic (exact) mass is 286 g/mol. The smallest absolute Gasteiger partial charge is 0.218 e. The Hall–Kier alpha value is -0.680. The SMILES string of the molecule is COCC(C)Oc1cc(Br)nc(C2CC2)n1. The lowest BCUT2D eigenvalue weighted by molar-refractivity contribution is 0.0886. The van der Waals surface area contributed by atoms with Gasteiger partial charge in [-0.1, -0.05) is 0 Å². The Morgan fingerprint density at radius 2 is 2.25 bits per heavy atom. The summed E-state index contributed by atoms with van der Waals surface area (Å²) >= 11 is 3.38. The summed E-state index contributed by atoms with van der Waals surface area (Å²) in [6.45, 7) is 2.51. The third-order valence-corrected chi connectivity index (χ3v) is 2.76. The fourth-order valence-corrected chi connectivity index (χ4v) is 1.85. The molecular formula is C11H15BrN2O2. The largest absolute Gasteiger partial charge is 0.472 e. The normalized spacial score (nSPS) is 17.2. The predicted molar refractivity (Wildman–Crippen MR) is 63.7 cm³/mol. The van der Waals surface area contributed by atoms with E-state index in [9.17, 15) is 0 Å². The summed E-state index contributed by atoms with van der Waals surface area (Å²) in [6.07, 6.45) is 2.37. The lowest BCUT2D eigenvalue weighted by atomic mass is 10.4. The first kappa shape index (κ1) is 11.8. The summed E-state index contributed by atoms with van der Waals surface area (Å²) in [5.74, 6) is 2.03. The van der Waals surface area contributed by atoms with Crippen LogP contribution in [0.5, 0.6) is 5.88 Å². The summed E-state index contributed by atoms with van der Waals surface area (Å²) in [7, 11) is 1.66. The zero-order valence-corrected chi connectivity index (χ0v) is 11.0. The Morgan fingerprint density at radius 3 is 2.88 bits per heavy atom. The van der Waals surface area contributed by atoms with Crippen molar-refractivity contribution >= 4 is 15.9 Å². The molecule has 1 aliphatic rings. The minimum atomic E-state index is -0.00106. The van der Waals surface area contributed by atoms with Crippen LogP contribution in [0, 0.1) is 0 Å². The van der Waals surface area contributed by atoms with Crippen molar-refractivity contribution in [2.75, 3.05) is 13.7 Å².